The molecule has 2 aliphatic rings. The van der Waals surface area contributed by atoms with Gasteiger partial charge in [0, 0.05) is 49.2 Å². The number of carbonyl (C=O) groups is 1. The van der Waals surface area contributed by atoms with E-state index in [4.69, 9.17) is 10.5 Å². The quantitative estimate of drug-likeness (QED) is 0.872. The summed E-state index contributed by atoms with van der Waals surface area (Å²) in [4.78, 5) is 25.9. The zero-order valence-corrected chi connectivity index (χ0v) is 15.3. The van der Waals surface area contributed by atoms with Gasteiger partial charge in [-0.2, -0.15) is 0 Å². The number of carbonyl (C=O) groups excluding carboxylic acids is 1. The Labute approximate surface area is 149 Å². The molecule has 0 bridgehead atoms. The molecule has 0 aromatic carbocycles. The Morgan fingerprint density at radius 1 is 1.16 bits per heavy atom. The first-order valence-electron chi connectivity index (χ1n) is 9.23. The van der Waals surface area contributed by atoms with Gasteiger partial charge in [-0.15, -0.1) is 0 Å². The zero-order valence-electron chi connectivity index (χ0n) is 15.3. The van der Waals surface area contributed by atoms with E-state index < -0.39 is 0 Å². The standard InChI is InChI=1S/C18H29N5O2/c1-13-16(14(2)21-18(19)20-13)11-17(24)23-6-4-3-5-15(23)12-22-7-9-25-10-8-22/h15H,3-12H2,1-2H3,(H2,19,20,21)/t15-/m1/s1. The van der Waals surface area contributed by atoms with Crippen LogP contribution in [-0.4, -0.2) is 71.1 Å². The van der Waals surface area contributed by atoms with E-state index in [9.17, 15) is 4.79 Å². The predicted molar refractivity (Wildman–Crippen MR) is 96.2 cm³/mol. The minimum absolute atomic E-state index is 0.178. The molecule has 3 rings (SSSR count). The Morgan fingerprint density at radius 2 is 1.84 bits per heavy atom. The third kappa shape index (κ3) is 4.46. The summed E-state index contributed by atoms with van der Waals surface area (Å²) in [6.45, 7) is 9.10. The molecular formula is C18H29N5O2. The molecule has 138 valence electrons. The summed E-state index contributed by atoms with van der Waals surface area (Å²) >= 11 is 0. The number of ether oxygens (including phenoxy) is 1. The minimum Gasteiger partial charge on any atom is -0.379 e. The molecule has 3 heterocycles. The van der Waals surface area contributed by atoms with Gasteiger partial charge < -0.3 is 15.4 Å². The Morgan fingerprint density at radius 3 is 2.52 bits per heavy atom. The Hall–Kier alpha value is -1.73. The van der Waals surface area contributed by atoms with Gasteiger partial charge in [-0.3, -0.25) is 9.69 Å². The minimum atomic E-state index is 0.178. The molecule has 1 aromatic heterocycles. The highest BCUT2D eigenvalue weighted by Crippen LogP contribution is 2.21. The maximum atomic E-state index is 13.0. The van der Waals surface area contributed by atoms with Crippen molar-refractivity contribution < 1.29 is 9.53 Å². The molecule has 0 radical (unpaired) electrons. The number of hydrogen-bond donors (Lipinski definition) is 1. The van der Waals surface area contributed by atoms with Crippen molar-refractivity contribution >= 4 is 11.9 Å². The van der Waals surface area contributed by atoms with E-state index in [1.165, 1.54) is 6.42 Å². The lowest BCUT2D eigenvalue weighted by Crippen LogP contribution is -2.51. The lowest BCUT2D eigenvalue weighted by Gasteiger charge is -2.39. The number of anilines is 1. The number of rotatable bonds is 4. The number of morpholine rings is 1. The van der Waals surface area contributed by atoms with Crippen LogP contribution in [0.4, 0.5) is 5.95 Å². The number of aryl methyl sites for hydroxylation is 2. The monoisotopic (exact) mass is 347 g/mol. The average molecular weight is 347 g/mol. The van der Waals surface area contributed by atoms with Crippen molar-refractivity contribution in [3.63, 3.8) is 0 Å². The van der Waals surface area contributed by atoms with Gasteiger partial charge in [-0.25, -0.2) is 9.97 Å². The normalized spacial score (nSPS) is 22.2. The number of hydrogen-bond acceptors (Lipinski definition) is 6. The molecule has 0 spiro atoms. The van der Waals surface area contributed by atoms with Gasteiger partial charge in [-0.05, 0) is 33.1 Å². The maximum absolute atomic E-state index is 13.0. The first-order valence-corrected chi connectivity index (χ1v) is 9.23. The highest BCUT2D eigenvalue weighted by Gasteiger charge is 2.29. The van der Waals surface area contributed by atoms with E-state index in [2.05, 4.69) is 19.8 Å². The SMILES string of the molecule is Cc1nc(N)nc(C)c1CC(=O)N1CCCC[C@@H]1CN1CCOCC1. The van der Waals surface area contributed by atoms with E-state index in [0.29, 0.717) is 12.5 Å². The van der Waals surface area contributed by atoms with Gasteiger partial charge in [-0.1, -0.05) is 0 Å². The zero-order chi connectivity index (χ0) is 17.8. The lowest BCUT2D eigenvalue weighted by atomic mass is 9.99. The van der Waals surface area contributed by atoms with Crippen molar-refractivity contribution in [1.82, 2.24) is 19.8 Å². The molecule has 2 fully saturated rings. The lowest BCUT2D eigenvalue weighted by molar-refractivity contribution is -0.134. The van der Waals surface area contributed by atoms with Crippen LogP contribution in [0.5, 0.6) is 0 Å². The van der Waals surface area contributed by atoms with E-state index in [0.717, 1.165) is 69.2 Å². The van der Waals surface area contributed by atoms with Gasteiger partial charge in [0.25, 0.3) is 0 Å². The van der Waals surface area contributed by atoms with E-state index in [-0.39, 0.29) is 11.9 Å². The number of likely N-dealkylation sites (tertiary alicyclic amines) is 1. The second-order valence-corrected chi connectivity index (χ2v) is 7.06. The molecule has 25 heavy (non-hydrogen) atoms. The van der Waals surface area contributed by atoms with Crippen molar-refractivity contribution in [2.45, 2.75) is 45.6 Å². The second-order valence-electron chi connectivity index (χ2n) is 7.06. The summed E-state index contributed by atoms with van der Waals surface area (Å²) in [6.07, 6.45) is 3.72. The van der Waals surface area contributed by atoms with Gasteiger partial charge in [0.1, 0.15) is 0 Å². The molecule has 0 aliphatic carbocycles. The summed E-state index contributed by atoms with van der Waals surface area (Å²) in [5, 5.41) is 0. The number of nitrogens with two attached hydrogens (primary N) is 1. The van der Waals surface area contributed by atoms with Crippen LogP contribution in [0.15, 0.2) is 0 Å². The van der Waals surface area contributed by atoms with Crippen LogP contribution in [0.1, 0.15) is 36.2 Å². The van der Waals surface area contributed by atoms with Gasteiger partial charge >= 0.3 is 0 Å². The smallest absolute Gasteiger partial charge is 0.227 e. The van der Waals surface area contributed by atoms with Crippen LogP contribution in [0.2, 0.25) is 0 Å². The number of piperidine rings is 1. The summed E-state index contributed by atoms with van der Waals surface area (Å²) in [7, 11) is 0. The van der Waals surface area contributed by atoms with Gasteiger partial charge in [0.2, 0.25) is 11.9 Å². The van der Waals surface area contributed by atoms with Crippen LogP contribution >= 0.6 is 0 Å². The van der Waals surface area contributed by atoms with Crippen molar-refractivity contribution in [3.8, 4) is 0 Å². The summed E-state index contributed by atoms with van der Waals surface area (Å²) < 4.78 is 5.43. The van der Waals surface area contributed by atoms with Gasteiger partial charge in [0.15, 0.2) is 0 Å². The summed E-state index contributed by atoms with van der Waals surface area (Å²) in [5.74, 6) is 0.451. The van der Waals surface area contributed by atoms with Gasteiger partial charge in [0.05, 0.1) is 19.6 Å². The fourth-order valence-electron chi connectivity index (χ4n) is 3.87. The molecule has 0 unspecified atom stereocenters. The van der Waals surface area contributed by atoms with Crippen molar-refractivity contribution in [2.75, 3.05) is 45.1 Å². The third-order valence-electron chi connectivity index (χ3n) is 5.29. The highest BCUT2D eigenvalue weighted by atomic mass is 16.5. The molecule has 1 atom stereocenters. The van der Waals surface area contributed by atoms with Crippen LogP contribution in [0, 0.1) is 13.8 Å². The molecule has 1 amide bonds. The topological polar surface area (TPSA) is 84.6 Å². The highest BCUT2D eigenvalue weighted by molar-refractivity contribution is 5.79. The van der Waals surface area contributed by atoms with Crippen molar-refractivity contribution in [1.29, 1.82) is 0 Å². The molecule has 7 heteroatoms. The Kier molecular flexibility index (Phi) is 5.86. The van der Waals surface area contributed by atoms with Crippen LogP contribution in [-0.2, 0) is 16.0 Å². The van der Waals surface area contributed by atoms with Crippen molar-refractivity contribution in [3.05, 3.63) is 17.0 Å². The van der Waals surface area contributed by atoms with E-state index in [1.807, 2.05) is 13.8 Å². The first kappa shape index (κ1) is 18.1. The van der Waals surface area contributed by atoms with Crippen molar-refractivity contribution in [2.24, 2.45) is 0 Å². The molecule has 2 aliphatic heterocycles. The predicted octanol–water partition coefficient (Wildman–Crippen LogP) is 0.931. The fourth-order valence-corrected chi connectivity index (χ4v) is 3.87. The number of nitrogen functional groups attached to an aromatic ring is 1. The van der Waals surface area contributed by atoms with Crippen LogP contribution in [0.25, 0.3) is 0 Å². The molecule has 2 N–H and O–H groups in total. The maximum Gasteiger partial charge on any atom is 0.227 e. The summed E-state index contributed by atoms with van der Waals surface area (Å²) in [5.41, 5.74) is 8.22. The van der Waals surface area contributed by atoms with Crippen LogP contribution < -0.4 is 5.73 Å². The molecule has 7 nitrogen and oxygen atoms in total. The molecule has 0 saturated carbocycles. The third-order valence-corrected chi connectivity index (χ3v) is 5.29. The fraction of sp³-hybridized carbons (Fsp3) is 0.722. The Balaban J connectivity index is 1.68. The Bertz CT molecular complexity index is 592. The second kappa shape index (κ2) is 8.10. The average Bonchev–Trinajstić information content (AvgIpc) is 2.59. The number of nitrogens with zero attached hydrogens (tertiary/aromatic N) is 4. The largest absolute Gasteiger partial charge is 0.379 e. The molecular weight excluding hydrogens is 318 g/mol. The number of aromatic nitrogens is 2. The summed E-state index contributed by atoms with van der Waals surface area (Å²) in [6, 6.07) is 0.301. The van der Waals surface area contributed by atoms with Crippen LogP contribution in [0.3, 0.4) is 0 Å². The molecule has 1 aromatic rings. The first-order chi connectivity index (χ1) is 12.0. The number of amides is 1. The van der Waals surface area contributed by atoms with E-state index in [1.54, 1.807) is 0 Å². The van der Waals surface area contributed by atoms with E-state index >= 15 is 0 Å². The molecule has 2 saturated heterocycles.